The van der Waals surface area contributed by atoms with Crippen molar-refractivity contribution in [3.63, 3.8) is 0 Å². The van der Waals surface area contributed by atoms with E-state index in [1.807, 2.05) is 36.4 Å². The van der Waals surface area contributed by atoms with Crippen molar-refractivity contribution in [3.8, 4) is 11.4 Å². The molecule has 0 aliphatic carbocycles. The van der Waals surface area contributed by atoms with E-state index in [0.29, 0.717) is 23.3 Å². The van der Waals surface area contributed by atoms with E-state index >= 15 is 0 Å². The second kappa shape index (κ2) is 7.17. The molecule has 0 bridgehead atoms. The van der Waals surface area contributed by atoms with Gasteiger partial charge in [-0.2, -0.15) is 4.98 Å². The van der Waals surface area contributed by atoms with Crippen LogP contribution in [-0.4, -0.2) is 16.2 Å². The van der Waals surface area contributed by atoms with Crippen LogP contribution < -0.4 is 10.6 Å². The molecular formula is C19H20N4O2. The first-order chi connectivity index (χ1) is 12.0. The number of rotatable bonds is 4. The average Bonchev–Trinajstić information content (AvgIpc) is 3.02. The molecule has 0 saturated heterocycles. The van der Waals surface area contributed by atoms with Crippen LogP contribution in [0.3, 0.4) is 0 Å². The van der Waals surface area contributed by atoms with Gasteiger partial charge in [-0.25, -0.2) is 4.79 Å². The van der Waals surface area contributed by atoms with Gasteiger partial charge < -0.3 is 15.2 Å². The summed E-state index contributed by atoms with van der Waals surface area (Å²) in [5.41, 5.74) is 3.49. The molecule has 0 fully saturated rings. The fourth-order valence-electron chi connectivity index (χ4n) is 2.36. The van der Waals surface area contributed by atoms with E-state index in [1.54, 1.807) is 19.1 Å². The Kier molecular flexibility index (Phi) is 4.79. The molecule has 3 rings (SSSR count). The Hall–Kier alpha value is -3.15. The van der Waals surface area contributed by atoms with E-state index in [0.717, 1.165) is 11.3 Å². The predicted molar refractivity (Wildman–Crippen MR) is 97.6 cm³/mol. The first kappa shape index (κ1) is 16.7. The van der Waals surface area contributed by atoms with Gasteiger partial charge >= 0.3 is 6.03 Å². The molecular weight excluding hydrogens is 316 g/mol. The zero-order chi connectivity index (χ0) is 17.8. The lowest BCUT2D eigenvalue weighted by atomic mass is 10.0. The highest BCUT2D eigenvalue weighted by Crippen LogP contribution is 2.20. The SMILES string of the molecule is Cc1nc(-c2ccc(NC(=O)Nc3ccc(C(C)C)cc3)cc2)no1. The van der Waals surface area contributed by atoms with Gasteiger partial charge in [-0.3, -0.25) is 0 Å². The van der Waals surface area contributed by atoms with Gasteiger partial charge in [-0.1, -0.05) is 31.1 Å². The van der Waals surface area contributed by atoms with E-state index in [-0.39, 0.29) is 6.03 Å². The molecule has 2 N–H and O–H groups in total. The van der Waals surface area contributed by atoms with Crippen LogP contribution in [-0.2, 0) is 0 Å². The van der Waals surface area contributed by atoms with Crippen molar-refractivity contribution in [2.24, 2.45) is 0 Å². The second-order valence-electron chi connectivity index (χ2n) is 6.07. The molecule has 128 valence electrons. The molecule has 1 aromatic heterocycles. The maximum Gasteiger partial charge on any atom is 0.323 e. The minimum Gasteiger partial charge on any atom is -0.339 e. The van der Waals surface area contributed by atoms with Crippen LogP contribution in [0.1, 0.15) is 31.2 Å². The Morgan fingerprint density at radius 1 is 0.960 bits per heavy atom. The van der Waals surface area contributed by atoms with Crippen molar-refractivity contribution < 1.29 is 9.32 Å². The minimum atomic E-state index is -0.291. The van der Waals surface area contributed by atoms with Crippen molar-refractivity contribution in [1.82, 2.24) is 10.1 Å². The highest BCUT2D eigenvalue weighted by molar-refractivity contribution is 5.99. The lowest BCUT2D eigenvalue weighted by molar-refractivity contribution is 0.262. The molecule has 0 spiro atoms. The zero-order valence-corrected chi connectivity index (χ0v) is 14.4. The van der Waals surface area contributed by atoms with Crippen LogP contribution >= 0.6 is 0 Å². The van der Waals surface area contributed by atoms with Crippen molar-refractivity contribution in [1.29, 1.82) is 0 Å². The summed E-state index contributed by atoms with van der Waals surface area (Å²) >= 11 is 0. The summed E-state index contributed by atoms with van der Waals surface area (Å²) in [6.07, 6.45) is 0. The Morgan fingerprint density at radius 2 is 1.52 bits per heavy atom. The number of aryl methyl sites for hydroxylation is 1. The van der Waals surface area contributed by atoms with Crippen molar-refractivity contribution in [2.75, 3.05) is 10.6 Å². The molecule has 0 unspecified atom stereocenters. The summed E-state index contributed by atoms with van der Waals surface area (Å²) in [6, 6.07) is 14.8. The largest absolute Gasteiger partial charge is 0.339 e. The number of nitrogens with one attached hydrogen (secondary N) is 2. The van der Waals surface area contributed by atoms with Crippen molar-refractivity contribution >= 4 is 17.4 Å². The molecule has 2 aromatic carbocycles. The Morgan fingerprint density at radius 3 is 2.00 bits per heavy atom. The van der Waals surface area contributed by atoms with E-state index in [1.165, 1.54) is 5.56 Å². The normalized spacial score (nSPS) is 10.7. The van der Waals surface area contributed by atoms with Crippen LogP contribution in [0, 0.1) is 6.92 Å². The van der Waals surface area contributed by atoms with Gasteiger partial charge in [0.05, 0.1) is 0 Å². The number of anilines is 2. The monoisotopic (exact) mass is 336 g/mol. The fraction of sp³-hybridized carbons (Fsp3) is 0.211. The first-order valence-electron chi connectivity index (χ1n) is 8.10. The Labute approximate surface area is 146 Å². The summed E-state index contributed by atoms with van der Waals surface area (Å²) in [5, 5.41) is 9.48. The number of carbonyl (C=O) groups excluding carboxylic acids is 1. The summed E-state index contributed by atoms with van der Waals surface area (Å²) in [5.74, 6) is 1.50. The van der Waals surface area contributed by atoms with Crippen LogP contribution in [0.4, 0.5) is 16.2 Å². The van der Waals surface area contributed by atoms with Gasteiger partial charge in [0, 0.05) is 23.9 Å². The van der Waals surface area contributed by atoms with Gasteiger partial charge in [-0.05, 0) is 47.9 Å². The van der Waals surface area contributed by atoms with Gasteiger partial charge in [0.15, 0.2) is 0 Å². The molecule has 0 aliphatic rings. The number of nitrogens with zero attached hydrogens (tertiary/aromatic N) is 2. The molecule has 6 nitrogen and oxygen atoms in total. The number of urea groups is 1. The van der Waals surface area contributed by atoms with Gasteiger partial charge in [0.2, 0.25) is 11.7 Å². The molecule has 0 radical (unpaired) electrons. The summed E-state index contributed by atoms with van der Waals surface area (Å²) in [7, 11) is 0. The number of benzene rings is 2. The summed E-state index contributed by atoms with van der Waals surface area (Å²) in [6.45, 7) is 6.01. The molecule has 25 heavy (non-hydrogen) atoms. The average molecular weight is 336 g/mol. The summed E-state index contributed by atoms with van der Waals surface area (Å²) in [4.78, 5) is 16.3. The van der Waals surface area contributed by atoms with E-state index in [2.05, 4.69) is 34.6 Å². The highest BCUT2D eigenvalue weighted by Gasteiger charge is 2.07. The Bertz CT molecular complexity index is 852. The highest BCUT2D eigenvalue weighted by atomic mass is 16.5. The molecule has 0 saturated carbocycles. The maximum atomic E-state index is 12.1. The number of aromatic nitrogens is 2. The van der Waals surface area contributed by atoms with Crippen LogP contribution in [0.25, 0.3) is 11.4 Å². The van der Waals surface area contributed by atoms with E-state index in [4.69, 9.17) is 4.52 Å². The number of hydrogen-bond acceptors (Lipinski definition) is 4. The predicted octanol–water partition coefficient (Wildman–Crippen LogP) is 4.81. The van der Waals surface area contributed by atoms with Crippen molar-refractivity contribution in [3.05, 3.63) is 60.0 Å². The standard InChI is InChI=1S/C19H20N4O2/c1-12(2)14-4-8-16(9-5-14)21-19(24)22-17-10-6-15(7-11-17)18-20-13(3)25-23-18/h4-12H,1-3H3,(H2,21,22,24). The third kappa shape index (κ3) is 4.23. The topological polar surface area (TPSA) is 80.0 Å². The first-order valence-corrected chi connectivity index (χ1v) is 8.10. The van der Waals surface area contributed by atoms with Crippen LogP contribution in [0.5, 0.6) is 0 Å². The minimum absolute atomic E-state index is 0.291. The third-order valence-corrected chi connectivity index (χ3v) is 3.76. The van der Waals surface area contributed by atoms with Crippen molar-refractivity contribution in [2.45, 2.75) is 26.7 Å². The van der Waals surface area contributed by atoms with Gasteiger partial charge in [0.1, 0.15) is 0 Å². The lowest BCUT2D eigenvalue weighted by Gasteiger charge is -2.10. The molecule has 6 heteroatoms. The molecule has 3 aromatic rings. The van der Waals surface area contributed by atoms with Gasteiger partial charge in [0.25, 0.3) is 0 Å². The smallest absolute Gasteiger partial charge is 0.323 e. The molecule has 2 amide bonds. The molecule has 0 aliphatic heterocycles. The number of amides is 2. The quantitative estimate of drug-likeness (QED) is 0.716. The van der Waals surface area contributed by atoms with Crippen LogP contribution in [0.2, 0.25) is 0 Å². The molecule has 1 heterocycles. The Balaban J connectivity index is 1.61. The van der Waals surface area contributed by atoms with E-state index < -0.39 is 0 Å². The zero-order valence-electron chi connectivity index (χ0n) is 14.4. The van der Waals surface area contributed by atoms with Gasteiger partial charge in [-0.15, -0.1) is 0 Å². The maximum absolute atomic E-state index is 12.1. The third-order valence-electron chi connectivity index (χ3n) is 3.76. The number of carbonyl (C=O) groups is 1. The number of hydrogen-bond donors (Lipinski definition) is 2. The lowest BCUT2D eigenvalue weighted by Crippen LogP contribution is -2.19. The fourth-order valence-corrected chi connectivity index (χ4v) is 2.36. The summed E-state index contributed by atoms with van der Waals surface area (Å²) < 4.78 is 4.96. The van der Waals surface area contributed by atoms with Crippen LogP contribution in [0.15, 0.2) is 53.1 Å². The van der Waals surface area contributed by atoms with E-state index in [9.17, 15) is 4.79 Å². The second-order valence-corrected chi connectivity index (χ2v) is 6.07. The molecule has 0 atom stereocenters.